The average Bonchev–Trinajstić information content (AvgIpc) is 3.20. The predicted molar refractivity (Wildman–Crippen MR) is 115 cm³/mol. The Bertz CT molecular complexity index is 1260. The highest BCUT2D eigenvalue weighted by atomic mass is 32.2. The Morgan fingerprint density at radius 1 is 0.900 bits per heavy atom. The first-order valence-corrected chi connectivity index (χ1v) is 10.7. The molecule has 0 spiro atoms. The predicted octanol–water partition coefficient (Wildman–Crippen LogP) is 2.87. The lowest BCUT2D eigenvalue weighted by Crippen LogP contribution is -2.39. The van der Waals surface area contributed by atoms with Crippen LogP contribution in [-0.4, -0.2) is 35.7 Å². The number of aryl methyl sites for hydroxylation is 1. The Hall–Kier alpha value is -3.56. The van der Waals surface area contributed by atoms with Crippen molar-refractivity contribution < 1.29 is 8.42 Å². The van der Waals surface area contributed by atoms with Gasteiger partial charge in [0, 0.05) is 19.7 Å². The Labute approximate surface area is 174 Å². The number of nitrogens with zero attached hydrogens (tertiary/aromatic N) is 5. The maximum atomic E-state index is 12.7. The maximum Gasteiger partial charge on any atom is 0.257 e. The third-order valence-electron chi connectivity index (χ3n) is 4.65. The molecule has 0 fully saturated rings. The minimum Gasteiger partial charge on any atom is -0.298 e. The Kier molecular flexibility index (Phi) is 5.30. The SMILES string of the molecule is CN(NS(=O)(=O)c1ccccc1)c1ccc(-c2ccccc2)c(-c2nnnn2C)c1. The zero-order chi connectivity index (χ0) is 21.1. The second kappa shape index (κ2) is 8.05. The lowest BCUT2D eigenvalue weighted by Gasteiger charge is -2.22. The van der Waals surface area contributed by atoms with E-state index in [9.17, 15) is 8.42 Å². The highest BCUT2D eigenvalue weighted by Crippen LogP contribution is 2.33. The molecule has 1 heterocycles. The fourth-order valence-corrected chi connectivity index (χ4v) is 4.23. The van der Waals surface area contributed by atoms with Gasteiger partial charge in [0.15, 0.2) is 5.82 Å². The number of hydrogen-bond donors (Lipinski definition) is 1. The normalized spacial score (nSPS) is 11.4. The number of aromatic nitrogens is 4. The Balaban J connectivity index is 1.74. The van der Waals surface area contributed by atoms with Crippen molar-refractivity contribution in [3.63, 3.8) is 0 Å². The monoisotopic (exact) mass is 420 g/mol. The van der Waals surface area contributed by atoms with Crippen LogP contribution >= 0.6 is 0 Å². The lowest BCUT2D eigenvalue weighted by atomic mass is 9.98. The van der Waals surface area contributed by atoms with Crippen LogP contribution in [0.2, 0.25) is 0 Å². The first kappa shape index (κ1) is 19.7. The molecule has 152 valence electrons. The number of hydrogen-bond acceptors (Lipinski definition) is 6. The Morgan fingerprint density at radius 3 is 2.20 bits per heavy atom. The van der Waals surface area contributed by atoms with Crippen LogP contribution in [0.4, 0.5) is 5.69 Å². The van der Waals surface area contributed by atoms with Gasteiger partial charge in [-0.1, -0.05) is 54.6 Å². The number of tetrazole rings is 1. The van der Waals surface area contributed by atoms with Gasteiger partial charge in [-0.05, 0) is 45.8 Å². The molecule has 3 aromatic carbocycles. The molecule has 0 aliphatic rings. The molecule has 0 aliphatic heterocycles. The van der Waals surface area contributed by atoms with Crippen LogP contribution < -0.4 is 9.84 Å². The Morgan fingerprint density at radius 2 is 1.57 bits per heavy atom. The van der Waals surface area contributed by atoms with Crippen LogP contribution in [0.5, 0.6) is 0 Å². The molecule has 1 aromatic heterocycles. The summed E-state index contributed by atoms with van der Waals surface area (Å²) >= 11 is 0. The van der Waals surface area contributed by atoms with E-state index in [0.29, 0.717) is 11.5 Å². The lowest BCUT2D eigenvalue weighted by molar-refractivity contribution is 0.580. The number of anilines is 1. The van der Waals surface area contributed by atoms with Crippen LogP contribution in [0.1, 0.15) is 0 Å². The van der Waals surface area contributed by atoms with Gasteiger partial charge in [-0.2, -0.15) is 0 Å². The summed E-state index contributed by atoms with van der Waals surface area (Å²) in [4.78, 5) is 2.77. The zero-order valence-corrected chi connectivity index (χ0v) is 17.3. The first-order chi connectivity index (χ1) is 14.5. The summed E-state index contributed by atoms with van der Waals surface area (Å²) in [7, 11) is -0.302. The molecule has 0 radical (unpaired) electrons. The molecular weight excluding hydrogens is 400 g/mol. The van der Waals surface area contributed by atoms with Crippen molar-refractivity contribution >= 4 is 15.7 Å². The van der Waals surface area contributed by atoms with E-state index in [1.54, 1.807) is 49.1 Å². The van der Waals surface area contributed by atoms with Crippen LogP contribution in [0.3, 0.4) is 0 Å². The molecular formula is C21H20N6O2S. The molecule has 4 rings (SSSR count). The van der Waals surface area contributed by atoms with E-state index in [4.69, 9.17) is 0 Å². The van der Waals surface area contributed by atoms with E-state index in [-0.39, 0.29) is 4.90 Å². The van der Waals surface area contributed by atoms with Crippen molar-refractivity contribution in [2.45, 2.75) is 4.90 Å². The van der Waals surface area contributed by atoms with Crippen molar-refractivity contribution in [3.8, 4) is 22.5 Å². The quantitative estimate of drug-likeness (QED) is 0.482. The standard InChI is InChI=1S/C21H20N6O2S/c1-26(25-30(28,29)18-11-7-4-8-12-18)17-13-14-19(16-9-5-3-6-10-16)20(15-17)21-22-23-24-27(21)2/h3-15,25H,1-2H3. The zero-order valence-electron chi connectivity index (χ0n) is 16.5. The number of sulfonamides is 1. The van der Waals surface area contributed by atoms with Gasteiger partial charge >= 0.3 is 0 Å². The fourth-order valence-electron chi connectivity index (χ4n) is 3.14. The van der Waals surface area contributed by atoms with Gasteiger partial charge in [0.2, 0.25) is 0 Å². The molecule has 0 unspecified atom stereocenters. The molecule has 0 amide bonds. The molecule has 30 heavy (non-hydrogen) atoms. The summed E-state index contributed by atoms with van der Waals surface area (Å²) in [6, 6.07) is 23.8. The minimum absolute atomic E-state index is 0.190. The molecule has 0 saturated carbocycles. The minimum atomic E-state index is -3.71. The molecule has 9 heteroatoms. The van der Waals surface area contributed by atoms with Gasteiger partial charge in [0.05, 0.1) is 10.6 Å². The number of rotatable bonds is 6. The third-order valence-corrected chi connectivity index (χ3v) is 6.05. The molecule has 0 aliphatic carbocycles. The summed E-state index contributed by atoms with van der Waals surface area (Å²) in [5, 5.41) is 13.3. The highest BCUT2D eigenvalue weighted by molar-refractivity contribution is 7.89. The number of hydrazine groups is 1. The molecule has 0 atom stereocenters. The van der Waals surface area contributed by atoms with E-state index in [2.05, 4.69) is 20.4 Å². The average molecular weight is 420 g/mol. The van der Waals surface area contributed by atoms with Gasteiger partial charge in [0.25, 0.3) is 10.0 Å². The van der Waals surface area contributed by atoms with Gasteiger partial charge in [0.1, 0.15) is 0 Å². The maximum absolute atomic E-state index is 12.7. The van der Waals surface area contributed by atoms with Crippen molar-refractivity contribution in [2.24, 2.45) is 7.05 Å². The van der Waals surface area contributed by atoms with Crippen LogP contribution in [0.25, 0.3) is 22.5 Å². The fraction of sp³-hybridized carbons (Fsp3) is 0.0952. The molecule has 8 nitrogen and oxygen atoms in total. The second-order valence-corrected chi connectivity index (χ2v) is 8.35. The topological polar surface area (TPSA) is 93.0 Å². The summed E-state index contributed by atoms with van der Waals surface area (Å²) in [5.74, 6) is 0.579. The van der Waals surface area contributed by atoms with Crippen molar-refractivity contribution in [1.29, 1.82) is 0 Å². The van der Waals surface area contributed by atoms with Gasteiger partial charge in [-0.25, -0.2) is 13.1 Å². The molecule has 4 aromatic rings. The number of benzene rings is 3. The summed E-state index contributed by atoms with van der Waals surface area (Å²) in [6.45, 7) is 0. The summed E-state index contributed by atoms with van der Waals surface area (Å²) in [5.41, 5.74) is 3.38. The summed E-state index contributed by atoms with van der Waals surface area (Å²) in [6.07, 6.45) is 0. The van der Waals surface area contributed by atoms with Crippen molar-refractivity contribution in [2.75, 3.05) is 12.1 Å². The van der Waals surface area contributed by atoms with E-state index in [1.165, 1.54) is 5.01 Å². The summed E-state index contributed by atoms with van der Waals surface area (Å²) < 4.78 is 26.9. The van der Waals surface area contributed by atoms with E-state index < -0.39 is 10.0 Å². The largest absolute Gasteiger partial charge is 0.298 e. The van der Waals surface area contributed by atoms with Gasteiger partial charge in [-0.3, -0.25) is 5.01 Å². The highest BCUT2D eigenvalue weighted by Gasteiger charge is 2.19. The first-order valence-electron chi connectivity index (χ1n) is 9.19. The van der Waals surface area contributed by atoms with Crippen molar-refractivity contribution in [1.82, 2.24) is 25.0 Å². The van der Waals surface area contributed by atoms with Gasteiger partial charge < -0.3 is 0 Å². The number of nitrogens with one attached hydrogen (secondary N) is 1. The van der Waals surface area contributed by atoms with E-state index >= 15 is 0 Å². The van der Waals surface area contributed by atoms with Crippen molar-refractivity contribution in [3.05, 3.63) is 78.9 Å². The van der Waals surface area contributed by atoms with E-state index in [1.807, 2.05) is 48.5 Å². The van der Waals surface area contributed by atoms with Crippen LogP contribution in [-0.2, 0) is 17.1 Å². The molecule has 0 saturated heterocycles. The second-order valence-electron chi connectivity index (χ2n) is 6.69. The smallest absolute Gasteiger partial charge is 0.257 e. The van der Waals surface area contributed by atoms with Crippen LogP contribution in [0.15, 0.2) is 83.8 Å². The van der Waals surface area contributed by atoms with E-state index in [0.717, 1.165) is 16.7 Å². The molecule has 1 N–H and O–H groups in total. The third kappa shape index (κ3) is 3.93. The molecule has 0 bridgehead atoms. The van der Waals surface area contributed by atoms with Crippen LogP contribution in [0, 0.1) is 0 Å². The van der Waals surface area contributed by atoms with Gasteiger partial charge in [-0.15, -0.1) is 9.93 Å².